The van der Waals surface area contributed by atoms with E-state index in [9.17, 15) is 0 Å². The van der Waals surface area contributed by atoms with E-state index in [0.29, 0.717) is 22.2 Å². The van der Waals surface area contributed by atoms with Crippen molar-refractivity contribution in [2.45, 2.75) is 5.79 Å². The van der Waals surface area contributed by atoms with Crippen LogP contribution in [0.1, 0.15) is 0 Å². The van der Waals surface area contributed by atoms with Crippen LogP contribution in [0.4, 0.5) is 0 Å². The molecule has 0 spiro atoms. The van der Waals surface area contributed by atoms with Gasteiger partial charge in [-0.25, -0.2) is 0 Å². The summed E-state index contributed by atoms with van der Waals surface area (Å²) in [5.41, 5.74) is 0. The molecular formula is C3H9AlNO+. The van der Waals surface area contributed by atoms with Gasteiger partial charge < -0.3 is 0 Å². The number of hydrogen-bond donors (Lipinski definition) is 1. The Labute approximate surface area is 44.8 Å². The molecule has 0 amide bonds. The molecule has 2 nitrogen and oxygen atoms in total. The van der Waals surface area contributed by atoms with Gasteiger partial charge in [-0.1, -0.05) is 0 Å². The minimum absolute atomic E-state index is 0.409. The first-order valence-corrected chi connectivity index (χ1v) is 3.65. The SMILES string of the molecule is COC[NH][Al+][CH3]. The third kappa shape index (κ3) is 4.45. The van der Waals surface area contributed by atoms with Crippen LogP contribution in [0.2, 0.25) is 5.79 Å². The molecule has 0 aliphatic carbocycles. The molecule has 0 saturated heterocycles. The van der Waals surface area contributed by atoms with Crippen LogP contribution >= 0.6 is 0 Å². The van der Waals surface area contributed by atoms with Crippen LogP contribution in [0.25, 0.3) is 0 Å². The maximum absolute atomic E-state index is 4.69. The van der Waals surface area contributed by atoms with Crippen molar-refractivity contribution in [1.29, 1.82) is 0 Å². The van der Waals surface area contributed by atoms with Gasteiger partial charge in [-0.3, -0.25) is 0 Å². The van der Waals surface area contributed by atoms with Crippen LogP contribution in [-0.4, -0.2) is 29.3 Å². The second-order valence-electron chi connectivity index (χ2n) is 0.926. The molecule has 0 saturated carbocycles. The zero-order valence-corrected chi connectivity index (χ0v) is 5.35. The van der Waals surface area contributed by atoms with Gasteiger partial charge in [-0.15, -0.1) is 0 Å². The van der Waals surface area contributed by atoms with Crippen molar-refractivity contribution in [2.24, 2.45) is 0 Å². The number of hydrogen-bond acceptors (Lipinski definition) is 2. The number of methoxy groups -OCH3 is 1. The predicted molar refractivity (Wildman–Crippen MR) is 26.6 cm³/mol. The van der Waals surface area contributed by atoms with E-state index in [2.05, 4.69) is 10.1 Å². The molecule has 6 heavy (non-hydrogen) atoms. The fraction of sp³-hybridized carbons (Fsp3) is 1.00. The fourth-order valence-electron chi connectivity index (χ4n) is 0.167. The van der Waals surface area contributed by atoms with E-state index in [1.807, 2.05) is 0 Å². The van der Waals surface area contributed by atoms with E-state index < -0.39 is 0 Å². The fourth-order valence-corrected chi connectivity index (χ4v) is 0.500. The van der Waals surface area contributed by atoms with Crippen LogP contribution in [-0.2, 0) is 4.74 Å². The van der Waals surface area contributed by atoms with Crippen LogP contribution in [0.3, 0.4) is 0 Å². The van der Waals surface area contributed by atoms with Gasteiger partial charge in [0.25, 0.3) is 0 Å². The summed E-state index contributed by atoms with van der Waals surface area (Å²) in [6.07, 6.45) is 0. The third-order valence-corrected chi connectivity index (χ3v) is 1.01. The quantitative estimate of drug-likeness (QED) is 0.304. The average molecular weight is 102 g/mol. The first-order chi connectivity index (χ1) is 2.91. The molecule has 0 aromatic rings. The molecule has 1 N–H and O–H groups in total. The Balaban J connectivity index is 2.34. The van der Waals surface area contributed by atoms with Crippen molar-refractivity contribution in [3.63, 3.8) is 0 Å². The molecule has 0 aromatic heterocycles. The van der Waals surface area contributed by atoms with E-state index in [1.165, 1.54) is 0 Å². The van der Waals surface area contributed by atoms with E-state index in [4.69, 9.17) is 4.74 Å². The van der Waals surface area contributed by atoms with Crippen molar-refractivity contribution in [3.05, 3.63) is 0 Å². The van der Waals surface area contributed by atoms with E-state index in [-0.39, 0.29) is 0 Å². The Kier molecular flexibility index (Phi) is 5.86. The summed E-state index contributed by atoms with van der Waals surface area (Å²) < 4.78 is 7.75. The Hall–Kier alpha value is 0.452. The van der Waals surface area contributed by atoms with Crippen molar-refractivity contribution in [3.8, 4) is 0 Å². The number of ether oxygens (including phenoxy) is 1. The molecule has 0 unspecified atom stereocenters. The van der Waals surface area contributed by atoms with Crippen LogP contribution in [0, 0.1) is 0 Å². The molecule has 0 aliphatic heterocycles. The van der Waals surface area contributed by atoms with Gasteiger partial charge >= 0.3 is 44.1 Å². The third-order valence-electron chi connectivity index (χ3n) is 0.432. The zero-order valence-electron chi connectivity index (χ0n) is 4.19. The Morgan fingerprint density at radius 2 is 2.50 bits per heavy atom. The van der Waals surface area contributed by atoms with Gasteiger partial charge in [-0.2, -0.15) is 0 Å². The molecule has 0 rings (SSSR count). The van der Waals surface area contributed by atoms with Crippen molar-refractivity contribution in [2.75, 3.05) is 13.8 Å². The summed E-state index contributed by atoms with van der Waals surface area (Å²) in [5.74, 6) is 2.12. The van der Waals surface area contributed by atoms with E-state index in [0.717, 1.165) is 0 Å². The Bertz CT molecular complexity index is 22.8. The predicted octanol–water partition coefficient (Wildman–Crippen LogP) is -0.153. The van der Waals surface area contributed by atoms with Gasteiger partial charge in [0.15, 0.2) is 0 Å². The van der Waals surface area contributed by atoms with Gasteiger partial charge in [0.2, 0.25) is 0 Å². The number of rotatable bonds is 3. The molecule has 0 atom stereocenters. The van der Waals surface area contributed by atoms with Crippen molar-refractivity contribution < 1.29 is 4.74 Å². The zero-order chi connectivity index (χ0) is 4.83. The summed E-state index contributed by atoms with van der Waals surface area (Å²) in [7, 11) is 1.68. The second kappa shape index (κ2) is 5.45. The summed E-state index contributed by atoms with van der Waals surface area (Å²) in [4.78, 5) is 0. The average Bonchev–Trinajstić information content (AvgIpc) is 1.61. The summed E-state index contributed by atoms with van der Waals surface area (Å²) in [6.45, 7) is 0.700. The second-order valence-corrected chi connectivity index (χ2v) is 1.91. The molecule has 34 valence electrons. The van der Waals surface area contributed by atoms with Crippen LogP contribution < -0.4 is 4.30 Å². The first kappa shape index (κ1) is 6.45. The molecule has 0 aromatic carbocycles. The Morgan fingerprint density at radius 3 is 2.67 bits per heavy atom. The molecule has 3 heteroatoms. The molecular weight excluding hydrogens is 93.0 g/mol. The monoisotopic (exact) mass is 102 g/mol. The van der Waals surface area contributed by atoms with Gasteiger partial charge in [0.1, 0.15) is 0 Å². The van der Waals surface area contributed by atoms with E-state index >= 15 is 0 Å². The first-order valence-electron chi connectivity index (χ1n) is 1.92. The molecule has 0 heterocycles. The number of nitrogens with one attached hydrogen (secondary N) is 1. The van der Waals surface area contributed by atoms with Crippen molar-refractivity contribution in [1.82, 2.24) is 4.30 Å². The normalized spacial score (nSPS) is 7.67. The van der Waals surface area contributed by atoms with Crippen molar-refractivity contribution >= 4 is 15.4 Å². The molecule has 0 aliphatic rings. The molecule has 0 bridgehead atoms. The standard InChI is InChI=1S/C2H6NO.CH3.Al/c1-4-2-3;;/h3H,2H2,1H3;1H3;/q-1;;+2. The maximum atomic E-state index is 4.69. The van der Waals surface area contributed by atoms with Gasteiger partial charge in [-0.05, 0) is 0 Å². The van der Waals surface area contributed by atoms with Crippen LogP contribution in [0.5, 0.6) is 0 Å². The van der Waals surface area contributed by atoms with Gasteiger partial charge in [0, 0.05) is 0 Å². The summed E-state index contributed by atoms with van der Waals surface area (Å²) in [5, 5.41) is 0. The summed E-state index contributed by atoms with van der Waals surface area (Å²) in [6, 6.07) is 0. The minimum atomic E-state index is 0.409. The Morgan fingerprint density at radius 1 is 1.83 bits per heavy atom. The molecule has 0 radical (unpaired) electrons. The summed E-state index contributed by atoms with van der Waals surface area (Å²) >= 11 is 0.409. The molecule has 0 fully saturated rings. The topological polar surface area (TPSA) is 21.3 Å². The van der Waals surface area contributed by atoms with Crippen LogP contribution in [0.15, 0.2) is 0 Å². The van der Waals surface area contributed by atoms with E-state index in [1.54, 1.807) is 7.11 Å². The van der Waals surface area contributed by atoms with Gasteiger partial charge in [0.05, 0.1) is 0 Å².